The summed E-state index contributed by atoms with van der Waals surface area (Å²) in [5, 5.41) is 20.7. The van der Waals surface area contributed by atoms with E-state index in [1.807, 2.05) is 98.8 Å². The summed E-state index contributed by atoms with van der Waals surface area (Å²) in [5.41, 5.74) is 3.36. The Labute approximate surface area is 294 Å². The van der Waals surface area contributed by atoms with Crippen molar-refractivity contribution in [1.29, 1.82) is 0 Å². The summed E-state index contributed by atoms with van der Waals surface area (Å²) in [6.45, 7) is 4.19. The molecular formula is C39H48N6O5. The Balaban J connectivity index is 1.50. The van der Waals surface area contributed by atoms with Crippen LogP contribution in [0.2, 0.25) is 0 Å². The molecule has 4 amide bonds. The van der Waals surface area contributed by atoms with Crippen LogP contribution in [0.25, 0.3) is 0 Å². The van der Waals surface area contributed by atoms with Gasteiger partial charge in [0.2, 0.25) is 5.91 Å². The van der Waals surface area contributed by atoms with E-state index in [1.54, 1.807) is 31.7 Å². The number of amides is 4. The van der Waals surface area contributed by atoms with Crippen LogP contribution in [0.1, 0.15) is 49.1 Å². The molecule has 0 fully saturated rings. The number of aliphatic hydroxyl groups is 1. The molecule has 11 nitrogen and oxygen atoms in total. The van der Waals surface area contributed by atoms with Gasteiger partial charge in [0.1, 0.15) is 12.6 Å². The number of carbonyl (C=O) groups is 3. The first-order valence-electron chi connectivity index (χ1n) is 17.0. The molecule has 0 spiro atoms. The van der Waals surface area contributed by atoms with Crippen molar-refractivity contribution >= 4 is 18.0 Å². The van der Waals surface area contributed by atoms with Crippen LogP contribution in [-0.4, -0.2) is 69.3 Å². The Bertz CT molecular complexity index is 1600. The SMILES string of the molecule is CC[C@H](C)[C@H](NC(=O)N(C)Cc1ccccn1)C(=O)N[C@@H](Cc1ccccc1)[C@@H](O)C[C@H](Cc1ccccc1)NC(=O)OCc1cccnc1. The largest absolute Gasteiger partial charge is 0.445 e. The van der Waals surface area contributed by atoms with Crippen molar-refractivity contribution in [3.8, 4) is 0 Å². The van der Waals surface area contributed by atoms with E-state index in [-0.39, 0.29) is 25.5 Å². The summed E-state index contributed by atoms with van der Waals surface area (Å²) in [4.78, 5) is 50.0. The highest BCUT2D eigenvalue weighted by Crippen LogP contribution is 2.16. The molecular weight excluding hydrogens is 632 g/mol. The van der Waals surface area contributed by atoms with Crippen molar-refractivity contribution < 1.29 is 24.2 Å². The minimum atomic E-state index is -1.06. The van der Waals surface area contributed by atoms with Gasteiger partial charge in [0.25, 0.3) is 0 Å². The lowest BCUT2D eigenvalue weighted by atomic mass is 9.92. The zero-order valence-electron chi connectivity index (χ0n) is 28.9. The number of rotatable bonds is 17. The van der Waals surface area contributed by atoms with Gasteiger partial charge in [-0.3, -0.25) is 14.8 Å². The standard InChI is InChI=1S/C39H48N6O5/c1-4-28(2)36(44-38(48)45(3)26-32-19-11-12-21-41-32)37(47)43-34(23-30-16-9-6-10-17-30)35(46)24-33(22-29-14-7-5-8-15-29)42-39(49)50-27-31-18-13-20-40-25-31/h5-21,25,28,33-36,46H,4,22-24,26-27H2,1-3H3,(H,42,49)(H,43,47)(H,44,48)/t28-,33-,34-,35-,36-/m0/s1. The Kier molecular flexibility index (Phi) is 14.7. The van der Waals surface area contributed by atoms with Gasteiger partial charge < -0.3 is 30.7 Å². The van der Waals surface area contributed by atoms with Crippen LogP contribution in [0.3, 0.4) is 0 Å². The normalized spacial score (nSPS) is 13.9. The molecule has 0 saturated carbocycles. The first kappa shape index (κ1) is 37.5. The van der Waals surface area contributed by atoms with Gasteiger partial charge in [-0.25, -0.2) is 9.59 Å². The van der Waals surface area contributed by atoms with Gasteiger partial charge in [-0.05, 0) is 54.5 Å². The molecule has 2 aromatic heterocycles. The number of ether oxygens (including phenoxy) is 1. The molecule has 4 aromatic rings. The Morgan fingerprint density at radius 1 is 0.820 bits per heavy atom. The molecule has 5 atom stereocenters. The third-order valence-electron chi connectivity index (χ3n) is 8.60. The number of nitrogens with one attached hydrogen (secondary N) is 3. The second kappa shape index (κ2) is 19.6. The van der Waals surface area contributed by atoms with Crippen LogP contribution in [0.5, 0.6) is 0 Å². The van der Waals surface area contributed by atoms with Gasteiger partial charge in [0, 0.05) is 37.2 Å². The van der Waals surface area contributed by atoms with Gasteiger partial charge in [-0.2, -0.15) is 0 Å². The molecule has 0 unspecified atom stereocenters. The number of pyridine rings is 2. The lowest BCUT2D eigenvalue weighted by Crippen LogP contribution is -2.57. The van der Waals surface area contributed by atoms with Crippen molar-refractivity contribution in [2.24, 2.45) is 5.92 Å². The second-order valence-corrected chi connectivity index (χ2v) is 12.6. The smallest absolute Gasteiger partial charge is 0.407 e. The first-order chi connectivity index (χ1) is 24.2. The molecule has 2 heterocycles. The number of benzene rings is 2. The monoisotopic (exact) mass is 680 g/mol. The summed E-state index contributed by atoms with van der Waals surface area (Å²) in [7, 11) is 1.65. The van der Waals surface area contributed by atoms with Crippen LogP contribution >= 0.6 is 0 Å². The predicted octanol–water partition coefficient (Wildman–Crippen LogP) is 5.05. The van der Waals surface area contributed by atoms with E-state index in [9.17, 15) is 19.5 Å². The quantitative estimate of drug-likeness (QED) is 0.122. The molecule has 4 rings (SSSR count). The van der Waals surface area contributed by atoms with E-state index in [0.717, 1.165) is 22.4 Å². The minimum Gasteiger partial charge on any atom is -0.445 e. The molecule has 4 N–H and O–H groups in total. The average molecular weight is 681 g/mol. The average Bonchev–Trinajstić information content (AvgIpc) is 3.13. The zero-order valence-corrected chi connectivity index (χ0v) is 28.9. The summed E-state index contributed by atoms with van der Waals surface area (Å²) in [6.07, 6.45) is 4.78. The van der Waals surface area contributed by atoms with Crippen molar-refractivity contribution in [2.45, 2.75) is 76.9 Å². The van der Waals surface area contributed by atoms with E-state index in [2.05, 4.69) is 25.9 Å². The number of carbonyl (C=O) groups excluding carboxylic acids is 3. The Morgan fingerprint density at radius 3 is 2.10 bits per heavy atom. The van der Waals surface area contributed by atoms with Crippen molar-refractivity contribution in [3.05, 3.63) is 132 Å². The van der Waals surface area contributed by atoms with Gasteiger partial charge in [-0.1, -0.05) is 93.1 Å². The number of aliphatic hydroxyl groups excluding tert-OH is 1. The van der Waals surface area contributed by atoms with Crippen LogP contribution in [0.4, 0.5) is 9.59 Å². The first-order valence-corrected chi connectivity index (χ1v) is 17.0. The van der Waals surface area contributed by atoms with Crippen LogP contribution in [-0.2, 0) is 35.5 Å². The number of alkyl carbamates (subject to hydrolysis) is 1. The lowest BCUT2D eigenvalue weighted by Gasteiger charge is -2.31. The van der Waals surface area contributed by atoms with Crippen LogP contribution < -0.4 is 16.0 Å². The molecule has 0 aliphatic heterocycles. The van der Waals surface area contributed by atoms with E-state index < -0.39 is 42.3 Å². The van der Waals surface area contributed by atoms with Crippen molar-refractivity contribution in [2.75, 3.05) is 7.05 Å². The molecule has 264 valence electrons. The summed E-state index contributed by atoms with van der Waals surface area (Å²) in [6, 6.07) is 25.8. The van der Waals surface area contributed by atoms with E-state index in [4.69, 9.17) is 4.74 Å². The molecule has 0 bridgehead atoms. The summed E-state index contributed by atoms with van der Waals surface area (Å²) >= 11 is 0. The van der Waals surface area contributed by atoms with E-state index >= 15 is 0 Å². The zero-order chi connectivity index (χ0) is 35.7. The van der Waals surface area contributed by atoms with E-state index in [1.165, 1.54) is 4.90 Å². The lowest BCUT2D eigenvalue weighted by molar-refractivity contribution is -0.125. The van der Waals surface area contributed by atoms with Crippen molar-refractivity contribution in [3.63, 3.8) is 0 Å². The predicted molar refractivity (Wildman–Crippen MR) is 192 cm³/mol. The third-order valence-corrected chi connectivity index (χ3v) is 8.60. The Morgan fingerprint density at radius 2 is 1.48 bits per heavy atom. The Hall–Kier alpha value is -5.29. The van der Waals surface area contributed by atoms with Gasteiger partial charge >= 0.3 is 12.1 Å². The molecule has 0 saturated heterocycles. The van der Waals surface area contributed by atoms with Crippen LogP contribution in [0.15, 0.2) is 110 Å². The van der Waals surface area contributed by atoms with Gasteiger partial charge in [-0.15, -0.1) is 0 Å². The fraction of sp³-hybridized carbons (Fsp3) is 0.359. The molecule has 50 heavy (non-hydrogen) atoms. The maximum atomic E-state index is 14.0. The highest BCUT2D eigenvalue weighted by atomic mass is 16.5. The topological polar surface area (TPSA) is 146 Å². The number of aromatic nitrogens is 2. The second-order valence-electron chi connectivity index (χ2n) is 12.6. The molecule has 0 aliphatic rings. The summed E-state index contributed by atoms with van der Waals surface area (Å²) in [5.74, 6) is -0.596. The third kappa shape index (κ3) is 12.3. The minimum absolute atomic E-state index is 0.0484. The molecule has 11 heteroatoms. The maximum Gasteiger partial charge on any atom is 0.407 e. The van der Waals surface area contributed by atoms with Gasteiger partial charge in [0.15, 0.2) is 0 Å². The van der Waals surface area contributed by atoms with E-state index in [0.29, 0.717) is 19.3 Å². The number of hydrogen-bond acceptors (Lipinski definition) is 7. The molecule has 0 aliphatic carbocycles. The number of urea groups is 1. The van der Waals surface area contributed by atoms with Crippen LogP contribution in [0, 0.1) is 5.92 Å². The highest BCUT2D eigenvalue weighted by Gasteiger charge is 2.32. The highest BCUT2D eigenvalue weighted by molar-refractivity contribution is 5.87. The molecule has 2 aromatic carbocycles. The fourth-order valence-corrected chi connectivity index (χ4v) is 5.56. The van der Waals surface area contributed by atoms with Crippen molar-refractivity contribution in [1.82, 2.24) is 30.8 Å². The number of hydrogen-bond donors (Lipinski definition) is 4. The maximum absolute atomic E-state index is 14.0. The fourth-order valence-electron chi connectivity index (χ4n) is 5.56. The van der Waals surface area contributed by atoms with Gasteiger partial charge in [0.05, 0.1) is 24.4 Å². The molecule has 0 radical (unpaired) electrons. The number of nitrogens with zero attached hydrogens (tertiary/aromatic N) is 3. The summed E-state index contributed by atoms with van der Waals surface area (Å²) < 4.78 is 5.47.